The average molecular weight is 441 g/mol. The molecule has 174 valence electrons. The number of carbonyl (C=O) groups excluding carboxylic acids is 2. The molecule has 32 heavy (non-hydrogen) atoms. The van der Waals surface area contributed by atoms with Crippen molar-refractivity contribution in [3.05, 3.63) is 29.8 Å². The number of nitrogens with zero attached hydrogens (tertiary/aromatic N) is 3. The summed E-state index contributed by atoms with van der Waals surface area (Å²) >= 11 is 0. The molecule has 4 heterocycles. The molecule has 4 aliphatic heterocycles. The highest BCUT2D eigenvalue weighted by Crippen LogP contribution is 2.39. The molecule has 2 bridgehead atoms. The lowest BCUT2D eigenvalue weighted by Gasteiger charge is -2.54. The quantitative estimate of drug-likeness (QED) is 0.782. The van der Waals surface area contributed by atoms with Crippen molar-refractivity contribution in [2.75, 3.05) is 39.8 Å². The Morgan fingerprint density at radius 1 is 1.09 bits per heavy atom. The molecule has 7 heteroatoms. The van der Waals surface area contributed by atoms with Crippen molar-refractivity contribution in [1.29, 1.82) is 0 Å². The smallest absolute Gasteiger partial charge is 0.317 e. The molecular formula is C25H36N4O3. The number of hydrogen-bond donors (Lipinski definition) is 1. The number of benzene rings is 1. The number of nitrogens with one attached hydrogen (secondary N) is 1. The third-order valence-electron chi connectivity index (χ3n) is 8.08. The van der Waals surface area contributed by atoms with Gasteiger partial charge in [0.1, 0.15) is 5.75 Å². The van der Waals surface area contributed by atoms with E-state index in [0.29, 0.717) is 36.4 Å². The van der Waals surface area contributed by atoms with Crippen LogP contribution in [0.5, 0.6) is 5.75 Å². The molecule has 2 unspecified atom stereocenters. The van der Waals surface area contributed by atoms with Crippen LogP contribution in [0.15, 0.2) is 24.3 Å². The average Bonchev–Trinajstić information content (AvgIpc) is 2.83. The fraction of sp³-hybridized carbons (Fsp3) is 0.680. The van der Waals surface area contributed by atoms with E-state index in [4.69, 9.17) is 4.74 Å². The maximum Gasteiger partial charge on any atom is 0.317 e. The van der Waals surface area contributed by atoms with Crippen LogP contribution in [-0.4, -0.2) is 78.6 Å². The molecule has 0 radical (unpaired) electrons. The van der Waals surface area contributed by atoms with Crippen LogP contribution < -0.4 is 10.1 Å². The molecule has 5 rings (SSSR count). The summed E-state index contributed by atoms with van der Waals surface area (Å²) in [6.07, 6.45) is 6.37. The number of methoxy groups -OCH3 is 1. The standard InChI is InChI=1S/C25H36N4O3/c1-32-22-7-5-18(6-8-22)14-26-25(31)27-11-9-21(10-12-27)28-15-19-13-20(17-28)23-3-2-4-24(30)29(23)16-19/h5-8,19-21,23H,2-4,9-17H2,1H3,(H,26,31)/t19?,20?,23-/m1/s1. The predicted molar refractivity (Wildman–Crippen MR) is 122 cm³/mol. The molecule has 4 fully saturated rings. The highest BCUT2D eigenvalue weighted by Gasteiger charge is 2.45. The predicted octanol–water partition coefficient (Wildman–Crippen LogP) is 2.70. The highest BCUT2D eigenvalue weighted by atomic mass is 16.5. The Morgan fingerprint density at radius 3 is 2.62 bits per heavy atom. The molecule has 4 saturated heterocycles. The van der Waals surface area contributed by atoms with Gasteiger partial charge in [0.2, 0.25) is 5.91 Å². The van der Waals surface area contributed by atoms with Gasteiger partial charge in [0.05, 0.1) is 7.11 Å². The van der Waals surface area contributed by atoms with Crippen molar-refractivity contribution >= 4 is 11.9 Å². The van der Waals surface area contributed by atoms with Gasteiger partial charge in [-0.1, -0.05) is 12.1 Å². The van der Waals surface area contributed by atoms with Gasteiger partial charge in [-0.2, -0.15) is 0 Å². The molecule has 0 saturated carbocycles. The second-order valence-corrected chi connectivity index (χ2v) is 10.0. The zero-order valence-electron chi connectivity index (χ0n) is 19.2. The van der Waals surface area contributed by atoms with Gasteiger partial charge < -0.3 is 19.9 Å². The zero-order chi connectivity index (χ0) is 22.1. The summed E-state index contributed by atoms with van der Waals surface area (Å²) in [5, 5.41) is 3.06. The van der Waals surface area contributed by atoms with Crippen LogP contribution >= 0.6 is 0 Å². The van der Waals surface area contributed by atoms with E-state index in [1.165, 1.54) is 12.8 Å². The second kappa shape index (κ2) is 9.30. The Labute approximate surface area is 191 Å². The molecule has 1 aromatic rings. The van der Waals surface area contributed by atoms with Gasteiger partial charge >= 0.3 is 6.03 Å². The number of hydrogen-bond acceptors (Lipinski definition) is 4. The number of urea groups is 1. The van der Waals surface area contributed by atoms with Crippen molar-refractivity contribution in [2.24, 2.45) is 11.8 Å². The Kier molecular flexibility index (Phi) is 6.26. The van der Waals surface area contributed by atoms with E-state index in [1.54, 1.807) is 7.11 Å². The van der Waals surface area contributed by atoms with Crippen LogP contribution in [0.2, 0.25) is 0 Å². The van der Waals surface area contributed by atoms with Gasteiger partial charge in [0.25, 0.3) is 0 Å². The SMILES string of the molecule is COc1ccc(CNC(=O)N2CCC(N3CC4CC(C3)[C@H]3CCCC(=O)N3C4)CC2)cc1. The van der Waals surface area contributed by atoms with Gasteiger partial charge in [-0.25, -0.2) is 4.79 Å². The maximum absolute atomic E-state index is 12.7. The molecule has 7 nitrogen and oxygen atoms in total. The van der Waals surface area contributed by atoms with Crippen LogP contribution in [0, 0.1) is 11.8 Å². The Balaban J connectivity index is 1.10. The summed E-state index contributed by atoms with van der Waals surface area (Å²) < 4.78 is 5.19. The molecule has 3 atom stereocenters. The van der Waals surface area contributed by atoms with E-state index >= 15 is 0 Å². The molecule has 1 aromatic carbocycles. The number of rotatable bonds is 4. The molecular weight excluding hydrogens is 404 g/mol. The summed E-state index contributed by atoms with van der Waals surface area (Å²) in [4.78, 5) is 31.9. The van der Waals surface area contributed by atoms with E-state index in [1.807, 2.05) is 29.2 Å². The highest BCUT2D eigenvalue weighted by molar-refractivity contribution is 5.77. The van der Waals surface area contributed by atoms with Gasteiger partial charge in [0.15, 0.2) is 0 Å². The first-order valence-corrected chi connectivity index (χ1v) is 12.3. The summed E-state index contributed by atoms with van der Waals surface area (Å²) in [5.74, 6) is 2.47. The monoisotopic (exact) mass is 440 g/mol. The zero-order valence-corrected chi connectivity index (χ0v) is 19.2. The van der Waals surface area contributed by atoms with Crippen LogP contribution in [0.4, 0.5) is 4.79 Å². The van der Waals surface area contributed by atoms with Crippen LogP contribution in [-0.2, 0) is 11.3 Å². The van der Waals surface area contributed by atoms with E-state index in [0.717, 1.165) is 69.7 Å². The van der Waals surface area contributed by atoms with E-state index < -0.39 is 0 Å². The first-order chi connectivity index (χ1) is 15.6. The largest absolute Gasteiger partial charge is 0.497 e. The van der Waals surface area contributed by atoms with Gasteiger partial charge in [-0.05, 0) is 61.6 Å². The summed E-state index contributed by atoms with van der Waals surface area (Å²) in [5.41, 5.74) is 1.07. The number of likely N-dealkylation sites (tertiary alicyclic amines) is 2. The van der Waals surface area contributed by atoms with Gasteiger partial charge in [-0.3, -0.25) is 9.69 Å². The minimum Gasteiger partial charge on any atom is -0.497 e. The van der Waals surface area contributed by atoms with E-state index in [9.17, 15) is 9.59 Å². The number of fused-ring (bicyclic) bond motifs is 4. The second-order valence-electron chi connectivity index (χ2n) is 10.0. The number of ether oxygens (including phenoxy) is 1. The normalized spacial score (nSPS) is 28.9. The maximum atomic E-state index is 12.7. The molecule has 0 spiro atoms. The molecule has 4 aliphatic rings. The lowest BCUT2D eigenvalue weighted by molar-refractivity contribution is -0.145. The number of piperidine rings is 4. The van der Waals surface area contributed by atoms with Crippen molar-refractivity contribution in [3.8, 4) is 5.75 Å². The van der Waals surface area contributed by atoms with Crippen LogP contribution in [0.25, 0.3) is 0 Å². The first-order valence-electron chi connectivity index (χ1n) is 12.3. The molecule has 3 amide bonds. The number of amides is 3. The fourth-order valence-electron chi connectivity index (χ4n) is 6.41. The first kappa shape index (κ1) is 21.6. The van der Waals surface area contributed by atoms with Crippen molar-refractivity contribution in [1.82, 2.24) is 20.0 Å². The van der Waals surface area contributed by atoms with E-state index in [-0.39, 0.29) is 6.03 Å². The summed E-state index contributed by atoms with van der Waals surface area (Å²) in [6.45, 7) is 5.37. The minimum absolute atomic E-state index is 0.0335. The van der Waals surface area contributed by atoms with Crippen molar-refractivity contribution in [3.63, 3.8) is 0 Å². The van der Waals surface area contributed by atoms with Crippen molar-refractivity contribution < 1.29 is 14.3 Å². The lowest BCUT2D eigenvalue weighted by atomic mass is 9.75. The fourth-order valence-corrected chi connectivity index (χ4v) is 6.41. The van der Waals surface area contributed by atoms with Crippen LogP contribution in [0.1, 0.15) is 44.1 Å². The Hall–Kier alpha value is -2.28. The summed E-state index contributed by atoms with van der Waals surface area (Å²) in [7, 11) is 1.65. The summed E-state index contributed by atoms with van der Waals surface area (Å²) in [6, 6.07) is 8.88. The lowest BCUT2D eigenvalue weighted by Crippen LogP contribution is -2.62. The minimum atomic E-state index is 0.0335. The molecule has 0 aromatic heterocycles. The number of carbonyl (C=O) groups is 2. The van der Waals surface area contributed by atoms with Crippen molar-refractivity contribution in [2.45, 2.75) is 57.2 Å². The third-order valence-corrected chi connectivity index (χ3v) is 8.08. The van der Waals surface area contributed by atoms with E-state index in [2.05, 4.69) is 15.1 Å². The van der Waals surface area contributed by atoms with Crippen LogP contribution in [0.3, 0.4) is 0 Å². The Morgan fingerprint density at radius 2 is 1.88 bits per heavy atom. The topological polar surface area (TPSA) is 65.1 Å². The molecule has 0 aliphatic carbocycles. The third kappa shape index (κ3) is 4.45. The Bertz CT molecular complexity index is 821. The molecule has 1 N–H and O–H groups in total. The van der Waals surface area contributed by atoms with Gasteiger partial charge in [0, 0.05) is 57.8 Å². The van der Waals surface area contributed by atoms with Gasteiger partial charge in [-0.15, -0.1) is 0 Å².